The Morgan fingerprint density at radius 2 is 1.50 bits per heavy atom. The van der Waals surface area contributed by atoms with Crippen LogP contribution in [0.5, 0.6) is 0 Å². The molecule has 1 rings (SSSR count). The molecule has 0 aromatic heterocycles. The van der Waals surface area contributed by atoms with E-state index >= 15 is 0 Å². The van der Waals surface area contributed by atoms with Crippen molar-refractivity contribution in [2.24, 2.45) is 0 Å². The molecule has 10 heavy (non-hydrogen) atoms. The zero-order chi connectivity index (χ0) is 6.69. The normalized spacial score (nSPS) is 9.10. The Kier molecular flexibility index (Phi) is 4.55. The third kappa shape index (κ3) is 2.62. The summed E-state index contributed by atoms with van der Waals surface area (Å²) < 4.78 is 0. The summed E-state index contributed by atoms with van der Waals surface area (Å²) in [6.45, 7) is 4.41. The summed E-state index contributed by atoms with van der Waals surface area (Å²) in [7, 11) is 0. The molecule has 0 radical (unpaired) electrons. The molecule has 0 aliphatic heterocycles. The van der Waals surface area contributed by atoms with E-state index in [0.29, 0.717) is 5.92 Å². The second-order valence-electron chi connectivity index (χ2n) is 2.57. The van der Waals surface area contributed by atoms with Crippen molar-refractivity contribution in [3.05, 3.63) is 35.9 Å². The van der Waals surface area contributed by atoms with E-state index in [-0.39, 0.29) is 19.5 Å². The molecule has 0 nitrogen and oxygen atoms in total. The van der Waals surface area contributed by atoms with Gasteiger partial charge in [0, 0.05) is 19.5 Å². The van der Waals surface area contributed by atoms with E-state index in [2.05, 4.69) is 38.1 Å². The molecule has 0 saturated heterocycles. The Hall–Kier alpha value is -0.157. The summed E-state index contributed by atoms with van der Waals surface area (Å²) in [5.74, 6) is 0.659. The summed E-state index contributed by atoms with van der Waals surface area (Å²) in [4.78, 5) is 0. The SMILES string of the molecule is CC(C)c1ccccc1.[Zn]. The smallest absolute Gasteiger partial charge is 0 e. The van der Waals surface area contributed by atoms with Crippen molar-refractivity contribution in [2.45, 2.75) is 19.8 Å². The van der Waals surface area contributed by atoms with Crippen LogP contribution < -0.4 is 0 Å². The van der Waals surface area contributed by atoms with Gasteiger partial charge in [-0.3, -0.25) is 0 Å². The van der Waals surface area contributed by atoms with Crippen molar-refractivity contribution in [3.63, 3.8) is 0 Å². The molecule has 1 aromatic carbocycles. The first-order valence-electron chi connectivity index (χ1n) is 3.35. The van der Waals surface area contributed by atoms with E-state index in [4.69, 9.17) is 0 Å². The van der Waals surface area contributed by atoms with Crippen molar-refractivity contribution in [1.29, 1.82) is 0 Å². The van der Waals surface area contributed by atoms with Gasteiger partial charge in [-0.05, 0) is 11.5 Å². The average Bonchev–Trinajstić information content (AvgIpc) is 1.90. The molecule has 0 atom stereocenters. The first-order chi connectivity index (χ1) is 4.30. The first kappa shape index (κ1) is 9.84. The van der Waals surface area contributed by atoms with Gasteiger partial charge in [-0.25, -0.2) is 0 Å². The summed E-state index contributed by atoms with van der Waals surface area (Å²) in [5, 5.41) is 0. The summed E-state index contributed by atoms with van der Waals surface area (Å²) in [6, 6.07) is 10.5. The van der Waals surface area contributed by atoms with E-state index in [9.17, 15) is 0 Å². The molecule has 0 amide bonds. The molecule has 0 aliphatic rings. The van der Waals surface area contributed by atoms with E-state index < -0.39 is 0 Å². The van der Waals surface area contributed by atoms with E-state index in [1.165, 1.54) is 5.56 Å². The zero-order valence-corrected chi connectivity index (χ0v) is 9.64. The zero-order valence-electron chi connectivity index (χ0n) is 6.67. The second kappa shape index (κ2) is 4.63. The molecule has 0 N–H and O–H groups in total. The molecule has 1 aromatic rings. The molecule has 0 unspecified atom stereocenters. The number of hydrogen-bond acceptors (Lipinski definition) is 0. The predicted octanol–water partition coefficient (Wildman–Crippen LogP) is 2.81. The summed E-state index contributed by atoms with van der Waals surface area (Å²) >= 11 is 0. The van der Waals surface area contributed by atoms with Gasteiger partial charge >= 0.3 is 0 Å². The molecule has 1 heteroatoms. The van der Waals surface area contributed by atoms with Gasteiger partial charge < -0.3 is 0 Å². The van der Waals surface area contributed by atoms with Gasteiger partial charge in [-0.1, -0.05) is 44.2 Å². The van der Waals surface area contributed by atoms with Crippen LogP contribution in [0.3, 0.4) is 0 Å². The van der Waals surface area contributed by atoms with Crippen LogP contribution in [-0.2, 0) is 19.5 Å². The van der Waals surface area contributed by atoms with Crippen molar-refractivity contribution >= 4 is 0 Å². The molecular formula is C9H12Zn. The average molecular weight is 186 g/mol. The molecule has 0 spiro atoms. The van der Waals surface area contributed by atoms with Crippen LogP contribution in [-0.4, -0.2) is 0 Å². The van der Waals surface area contributed by atoms with Crippen LogP contribution in [0.25, 0.3) is 0 Å². The molecule has 50 valence electrons. The van der Waals surface area contributed by atoms with Crippen molar-refractivity contribution in [1.82, 2.24) is 0 Å². The predicted molar refractivity (Wildman–Crippen MR) is 40.5 cm³/mol. The van der Waals surface area contributed by atoms with Crippen LogP contribution >= 0.6 is 0 Å². The maximum Gasteiger partial charge on any atom is 0 e. The third-order valence-corrected chi connectivity index (χ3v) is 1.47. The van der Waals surface area contributed by atoms with Crippen molar-refractivity contribution < 1.29 is 19.5 Å². The Morgan fingerprint density at radius 3 is 1.80 bits per heavy atom. The molecule has 0 heterocycles. The second-order valence-corrected chi connectivity index (χ2v) is 2.57. The number of rotatable bonds is 1. The van der Waals surface area contributed by atoms with Crippen LogP contribution in [0.4, 0.5) is 0 Å². The van der Waals surface area contributed by atoms with Gasteiger partial charge in [0.1, 0.15) is 0 Å². The topological polar surface area (TPSA) is 0 Å². The maximum atomic E-state index is 2.20. The van der Waals surface area contributed by atoms with Crippen LogP contribution in [0.15, 0.2) is 30.3 Å². The Morgan fingerprint density at radius 1 is 1.00 bits per heavy atom. The van der Waals surface area contributed by atoms with E-state index in [0.717, 1.165) is 0 Å². The minimum absolute atomic E-state index is 0. The van der Waals surface area contributed by atoms with Crippen molar-refractivity contribution in [2.75, 3.05) is 0 Å². The minimum atomic E-state index is 0. The standard InChI is InChI=1S/C9H12.Zn/c1-8(2)9-6-4-3-5-7-9;/h3-8H,1-2H3;. The molecule has 0 saturated carbocycles. The van der Waals surface area contributed by atoms with Gasteiger partial charge in [-0.2, -0.15) is 0 Å². The monoisotopic (exact) mass is 184 g/mol. The Bertz CT molecular complexity index is 167. The Balaban J connectivity index is 0.000000810. The third-order valence-electron chi connectivity index (χ3n) is 1.47. The van der Waals surface area contributed by atoms with Gasteiger partial charge in [0.2, 0.25) is 0 Å². The fraction of sp³-hybridized carbons (Fsp3) is 0.333. The van der Waals surface area contributed by atoms with E-state index in [1.54, 1.807) is 0 Å². The molecular weight excluding hydrogens is 173 g/mol. The summed E-state index contributed by atoms with van der Waals surface area (Å²) in [5.41, 5.74) is 1.41. The molecule has 0 aliphatic carbocycles. The number of hydrogen-bond donors (Lipinski definition) is 0. The molecule has 0 bridgehead atoms. The van der Waals surface area contributed by atoms with Crippen LogP contribution in [0.2, 0.25) is 0 Å². The van der Waals surface area contributed by atoms with Gasteiger partial charge in [-0.15, -0.1) is 0 Å². The van der Waals surface area contributed by atoms with Crippen LogP contribution in [0.1, 0.15) is 25.3 Å². The number of benzene rings is 1. The molecule has 0 fully saturated rings. The fourth-order valence-corrected chi connectivity index (χ4v) is 0.838. The fourth-order valence-electron chi connectivity index (χ4n) is 0.838. The van der Waals surface area contributed by atoms with Gasteiger partial charge in [0.15, 0.2) is 0 Å². The maximum absolute atomic E-state index is 2.20. The largest absolute Gasteiger partial charge is 0.0622 e. The Labute approximate surface area is 75.4 Å². The quantitative estimate of drug-likeness (QED) is 0.591. The van der Waals surface area contributed by atoms with Crippen molar-refractivity contribution in [3.8, 4) is 0 Å². The minimum Gasteiger partial charge on any atom is -0.0622 e. The summed E-state index contributed by atoms with van der Waals surface area (Å²) in [6.07, 6.45) is 0. The first-order valence-corrected chi connectivity index (χ1v) is 3.35. The van der Waals surface area contributed by atoms with Gasteiger partial charge in [0.05, 0.1) is 0 Å². The van der Waals surface area contributed by atoms with Gasteiger partial charge in [0.25, 0.3) is 0 Å². The van der Waals surface area contributed by atoms with Crippen LogP contribution in [0, 0.1) is 0 Å². The van der Waals surface area contributed by atoms with E-state index in [1.807, 2.05) is 6.07 Å².